The van der Waals surface area contributed by atoms with Crippen LogP contribution in [0.1, 0.15) is 38.8 Å². The average Bonchev–Trinajstić information content (AvgIpc) is 2.93. The number of hydrogen-bond acceptors (Lipinski definition) is 4. The Kier molecular flexibility index (Phi) is 4.13. The number of anilines is 1. The number of hydrogen-bond donors (Lipinski definition) is 1. The Hall–Kier alpha value is -1.97. The average molecular weight is 282 g/mol. The molecule has 2 aromatic heterocycles. The third kappa shape index (κ3) is 3.20. The van der Waals surface area contributed by atoms with Crippen LogP contribution in [0.15, 0.2) is 30.6 Å². The minimum Gasteiger partial charge on any atom is -0.367 e. The Morgan fingerprint density at radius 3 is 2.67 bits per heavy atom. The second kappa shape index (κ2) is 6.20. The van der Waals surface area contributed by atoms with E-state index in [4.69, 9.17) is 4.98 Å². The van der Waals surface area contributed by atoms with Crippen molar-refractivity contribution in [3.63, 3.8) is 0 Å². The lowest BCUT2D eigenvalue weighted by atomic mass is 10.1. The van der Waals surface area contributed by atoms with Gasteiger partial charge in [0.05, 0.1) is 0 Å². The van der Waals surface area contributed by atoms with Gasteiger partial charge in [0.2, 0.25) is 0 Å². The number of nitrogens with one attached hydrogen (secondary N) is 1. The van der Waals surface area contributed by atoms with Gasteiger partial charge in [0.1, 0.15) is 5.82 Å². The molecule has 0 spiro atoms. The van der Waals surface area contributed by atoms with Crippen LogP contribution in [0, 0.1) is 5.92 Å². The Balaban J connectivity index is 1.90. The second-order valence-corrected chi connectivity index (χ2v) is 5.82. The van der Waals surface area contributed by atoms with Gasteiger partial charge in [0.15, 0.2) is 5.82 Å². The molecule has 110 valence electrons. The fourth-order valence-corrected chi connectivity index (χ4v) is 2.93. The largest absolute Gasteiger partial charge is 0.367 e. The summed E-state index contributed by atoms with van der Waals surface area (Å²) in [6, 6.07) is 6.53. The normalized spacial score (nSPS) is 21.4. The van der Waals surface area contributed by atoms with Crippen LogP contribution in [0.2, 0.25) is 0 Å². The van der Waals surface area contributed by atoms with Gasteiger partial charge in [-0.25, -0.2) is 9.97 Å². The molecule has 3 rings (SSSR count). The van der Waals surface area contributed by atoms with Crippen LogP contribution in [-0.4, -0.2) is 21.0 Å². The van der Waals surface area contributed by atoms with Gasteiger partial charge >= 0.3 is 0 Å². The highest BCUT2D eigenvalue weighted by Gasteiger charge is 2.23. The number of aryl methyl sites for hydroxylation is 1. The minimum atomic E-state index is 0.537. The van der Waals surface area contributed by atoms with Crippen molar-refractivity contribution in [2.75, 3.05) is 5.32 Å². The molecule has 2 atom stereocenters. The number of rotatable bonds is 4. The van der Waals surface area contributed by atoms with Crippen LogP contribution < -0.4 is 5.32 Å². The lowest BCUT2D eigenvalue weighted by molar-refractivity contribution is 0.554. The smallest absolute Gasteiger partial charge is 0.161 e. The SMILES string of the molecule is CCc1cc(NC2CCCC2C)nc(-c2ccncc2)n1. The van der Waals surface area contributed by atoms with E-state index in [1.807, 2.05) is 12.1 Å². The van der Waals surface area contributed by atoms with E-state index in [0.29, 0.717) is 6.04 Å². The molecule has 1 N–H and O–H groups in total. The van der Waals surface area contributed by atoms with Crippen LogP contribution in [0.25, 0.3) is 11.4 Å². The molecule has 0 radical (unpaired) electrons. The van der Waals surface area contributed by atoms with E-state index < -0.39 is 0 Å². The zero-order valence-electron chi connectivity index (χ0n) is 12.7. The van der Waals surface area contributed by atoms with Crippen molar-refractivity contribution in [3.8, 4) is 11.4 Å². The molecule has 1 aliphatic carbocycles. The maximum absolute atomic E-state index is 4.70. The van der Waals surface area contributed by atoms with Crippen molar-refractivity contribution in [3.05, 3.63) is 36.3 Å². The number of pyridine rings is 1. The molecule has 2 heterocycles. The summed E-state index contributed by atoms with van der Waals surface area (Å²) in [5.41, 5.74) is 2.09. The first-order valence-corrected chi connectivity index (χ1v) is 7.81. The summed E-state index contributed by atoms with van der Waals surface area (Å²) in [4.78, 5) is 13.4. The maximum Gasteiger partial charge on any atom is 0.161 e. The van der Waals surface area contributed by atoms with Gasteiger partial charge in [-0.05, 0) is 37.3 Å². The van der Waals surface area contributed by atoms with Gasteiger partial charge in [-0.1, -0.05) is 20.3 Å². The molecule has 1 fully saturated rings. The monoisotopic (exact) mass is 282 g/mol. The van der Waals surface area contributed by atoms with Gasteiger partial charge < -0.3 is 5.32 Å². The standard InChI is InChI=1S/C17H22N4/c1-3-14-11-16(20-15-6-4-5-12(15)2)21-17(19-14)13-7-9-18-10-8-13/h7-12,15H,3-6H2,1-2H3,(H,19,20,21). The van der Waals surface area contributed by atoms with Crippen LogP contribution >= 0.6 is 0 Å². The van der Waals surface area contributed by atoms with Crippen molar-refractivity contribution in [1.29, 1.82) is 0 Å². The van der Waals surface area contributed by atoms with Gasteiger partial charge in [-0.3, -0.25) is 4.98 Å². The van der Waals surface area contributed by atoms with Crippen molar-refractivity contribution >= 4 is 5.82 Å². The predicted octanol–water partition coefficient (Wildman–Crippen LogP) is 3.70. The molecule has 2 aromatic rings. The Morgan fingerprint density at radius 1 is 1.19 bits per heavy atom. The molecule has 1 saturated carbocycles. The first-order chi connectivity index (χ1) is 10.3. The van der Waals surface area contributed by atoms with Gasteiger partial charge in [0, 0.05) is 35.8 Å². The van der Waals surface area contributed by atoms with Crippen molar-refractivity contribution in [1.82, 2.24) is 15.0 Å². The molecule has 1 aliphatic rings. The first kappa shape index (κ1) is 14.0. The molecule has 0 aromatic carbocycles. The zero-order chi connectivity index (χ0) is 14.7. The molecule has 21 heavy (non-hydrogen) atoms. The molecule has 2 unspecified atom stereocenters. The van der Waals surface area contributed by atoms with E-state index in [2.05, 4.69) is 35.2 Å². The maximum atomic E-state index is 4.70. The molecule has 0 aliphatic heterocycles. The van der Waals surface area contributed by atoms with E-state index in [1.165, 1.54) is 19.3 Å². The van der Waals surface area contributed by atoms with Crippen LogP contribution in [0.5, 0.6) is 0 Å². The van der Waals surface area contributed by atoms with Crippen LogP contribution in [0.4, 0.5) is 5.82 Å². The van der Waals surface area contributed by atoms with Crippen molar-refractivity contribution < 1.29 is 0 Å². The van der Waals surface area contributed by atoms with Crippen molar-refractivity contribution in [2.45, 2.75) is 45.6 Å². The molecule has 4 heteroatoms. The summed E-state index contributed by atoms with van der Waals surface area (Å²) in [6.07, 6.45) is 8.32. The van der Waals surface area contributed by atoms with E-state index in [-0.39, 0.29) is 0 Å². The highest BCUT2D eigenvalue weighted by molar-refractivity contribution is 5.57. The van der Waals surface area contributed by atoms with Crippen molar-refractivity contribution in [2.24, 2.45) is 5.92 Å². The third-order valence-corrected chi connectivity index (χ3v) is 4.27. The summed E-state index contributed by atoms with van der Waals surface area (Å²) in [5.74, 6) is 2.45. The Bertz CT molecular complexity index is 597. The lowest BCUT2D eigenvalue weighted by Gasteiger charge is -2.18. The van der Waals surface area contributed by atoms with Gasteiger partial charge in [-0.15, -0.1) is 0 Å². The van der Waals surface area contributed by atoms with Crippen LogP contribution in [0.3, 0.4) is 0 Å². The molecule has 0 amide bonds. The zero-order valence-corrected chi connectivity index (χ0v) is 12.7. The fraction of sp³-hybridized carbons (Fsp3) is 0.471. The lowest BCUT2D eigenvalue weighted by Crippen LogP contribution is -2.22. The third-order valence-electron chi connectivity index (χ3n) is 4.27. The van der Waals surface area contributed by atoms with Gasteiger partial charge in [0.25, 0.3) is 0 Å². The molecule has 0 saturated heterocycles. The minimum absolute atomic E-state index is 0.537. The topological polar surface area (TPSA) is 50.7 Å². The summed E-state index contributed by atoms with van der Waals surface area (Å²) < 4.78 is 0. The number of aromatic nitrogens is 3. The van der Waals surface area contributed by atoms with E-state index in [0.717, 1.165) is 35.2 Å². The predicted molar refractivity (Wildman–Crippen MR) is 85.1 cm³/mol. The summed E-state index contributed by atoms with van der Waals surface area (Å²) in [7, 11) is 0. The Labute approximate surface area is 126 Å². The second-order valence-electron chi connectivity index (χ2n) is 5.82. The van der Waals surface area contributed by atoms with Gasteiger partial charge in [-0.2, -0.15) is 0 Å². The van der Waals surface area contributed by atoms with E-state index in [1.54, 1.807) is 12.4 Å². The number of nitrogens with zero attached hydrogens (tertiary/aromatic N) is 3. The highest BCUT2D eigenvalue weighted by atomic mass is 15.1. The van der Waals surface area contributed by atoms with E-state index in [9.17, 15) is 0 Å². The molecule has 0 bridgehead atoms. The quantitative estimate of drug-likeness (QED) is 0.929. The summed E-state index contributed by atoms with van der Waals surface area (Å²) in [6.45, 7) is 4.44. The molecular weight excluding hydrogens is 260 g/mol. The molecular formula is C17H22N4. The summed E-state index contributed by atoms with van der Waals surface area (Å²) >= 11 is 0. The first-order valence-electron chi connectivity index (χ1n) is 7.81. The van der Waals surface area contributed by atoms with Crippen LogP contribution in [-0.2, 0) is 6.42 Å². The summed E-state index contributed by atoms with van der Waals surface area (Å²) in [5, 5.41) is 3.61. The fourth-order valence-electron chi connectivity index (χ4n) is 2.93. The highest BCUT2D eigenvalue weighted by Crippen LogP contribution is 2.28. The Morgan fingerprint density at radius 2 is 2.00 bits per heavy atom. The van der Waals surface area contributed by atoms with E-state index >= 15 is 0 Å². The molecule has 4 nitrogen and oxygen atoms in total.